The monoisotopic (exact) mass is 456 g/mol. The molecule has 3 aromatic rings. The fourth-order valence-electron chi connectivity index (χ4n) is 2.72. The molecular formula is C21H14F6N2O3. The van der Waals surface area contributed by atoms with Gasteiger partial charge in [0.2, 0.25) is 0 Å². The van der Waals surface area contributed by atoms with Gasteiger partial charge in [-0.2, -0.15) is 0 Å². The number of nitrogens with zero attached hydrogens (tertiary/aromatic N) is 1. The summed E-state index contributed by atoms with van der Waals surface area (Å²) in [6, 6.07) is 11.8. The number of ether oxygens (including phenoxy) is 2. The Bertz CT molecular complexity index is 1080. The number of para-hydroxylation sites is 1. The lowest BCUT2D eigenvalue weighted by atomic mass is 10.1. The summed E-state index contributed by atoms with van der Waals surface area (Å²) in [5.41, 5.74) is 1.14. The third kappa shape index (κ3) is 6.62. The summed E-state index contributed by atoms with van der Waals surface area (Å²) in [7, 11) is 0. The predicted octanol–water partition coefficient (Wildman–Crippen LogP) is 5.48. The average Bonchev–Trinajstić information content (AvgIpc) is 2.71. The maximum Gasteiger partial charge on any atom is 0.573 e. The Morgan fingerprint density at radius 3 is 2.16 bits per heavy atom. The molecule has 1 heterocycles. The maximum absolute atomic E-state index is 12.5. The van der Waals surface area contributed by atoms with E-state index in [1.54, 1.807) is 0 Å². The third-order valence-electron chi connectivity index (χ3n) is 4.06. The van der Waals surface area contributed by atoms with Crippen molar-refractivity contribution < 1.29 is 40.6 Å². The molecule has 0 spiro atoms. The van der Waals surface area contributed by atoms with Gasteiger partial charge in [0.1, 0.15) is 11.5 Å². The molecule has 2 aromatic carbocycles. The van der Waals surface area contributed by atoms with Crippen molar-refractivity contribution in [2.24, 2.45) is 0 Å². The second-order valence-electron chi connectivity index (χ2n) is 6.37. The number of hydrogen-bond acceptors (Lipinski definition) is 4. The summed E-state index contributed by atoms with van der Waals surface area (Å²) < 4.78 is 82.1. The minimum absolute atomic E-state index is 0.104. The Kier molecular flexibility index (Phi) is 6.56. The average molecular weight is 456 g/mol. The number of benzene rings is 2. The summed E-state index contributed by atoms with van der Waals surface area (Å²) in [6.45, 7) is -0.237. The van der Waals surface area contributed by atoms with E-state index in [0.717, 1.165) is 18.2 Å². The zero-order valence-electron chi connectivity index (χ0n) is 16.0. The molecule has 3 rings (SSSR count). The first kappa shape index (κ1) is 22.9. The molecule has 0 aliphatic rings. The number of halogens is 6. The van der Waals surface area contributed by atoms with Crippen LogP contribution < -0.4 is 14.8 Å². The van der Waals surface area contributed by atoms with Crippen molar-refractivity contribution in [3.63, 3.8) is 0 Å². The first-order chi connectivity index (χ1) is 15.0. The predicted molar refractivity (Wildman–Crippen MR) is 101 cm³/mol. The van der Waals surface area contributed by atoms with E-state index in [1.807, 2.05) is 0 Å². The molecule has 168 valence electrons. The lowest BCUT2D eigenvalue weighted by Gasteiger charge is -2.14. The number of carbonyl (C=O) groups excluding carboxylic acids is 1. The normalized spacial score (nSPS) is 11.7. The lowest BCUT2D eigenvalue weighted by Crippen LogP contribution is -2.24. The van der Waals surface area contributed by atoms with Crippen molar-refractivity contribution in [1.82, 2.24) is 10.3 Å². The molecule has 0 radical (unpaired) electrons. The van der Waals surface area contributed by atoms with E-state index in [4.69, 9.17) is 0 Å². The number of nitrogens with one attached hydrogen (secondary N) is 1. The summed E-state index contributed by atoms with van der Waals surface area (Å²) in [6.07, 6.45) is -7.04. The van der Waals surface area contributed by atoms with Crippen LogP contribution in [0.3, 0.4) is 0 Å². The van der Waals surface area contributed by atoms with E-state index < -0.39 is 30.1 Å². The minimum Gasteiger partial charge on any atom is -0.406 e. The van der Waals surface area contributed by atoms with Gasteiger partial charge in [-0.3, -0.25) is 9.78 Å². The van der Waals surface area contributed by atoms with Gasteiger partial charge >= 0.3 is 12.7 Å². The second-order valence-corrected chi connectivity index (χ2v) is 6.37. The molecule has 0 aliphatic heterocycles. The summed E-state index contributed by atoms with van der Waals surface area (Å²) in [4.78, 5) is 16.4. The third-order valence-corrected chi connectivity index (χ3v) is 4.06. The molecule has 0 fully saturated rings. The first-order valence-electron chi connectivity index (χ1n) is 8.93. The molecule has 1 aromatic heterocycles. The maximum atomic E-state index is 12.5. The minimum atomic E-state index is -4.88. The van der Waals surface area contributed by atoms with Gasteiger partial charge in [0.05, 0.1) is 5.56 Å². The molecule has 0 aliphatic carbocycles. The highest BCUT2D eigenvalue weighted by Crippen LogP contribution is 2.28. The van der Waals surface area contributed by atoms with E-state index in [2.05, 4.69) is 19.8 Å². The Balaban J connectivity index is 1.70. The van der Waals surface area contributed by atoms with Crippen LogP contribution >= 0.6 is 0 Å². The van der Waals surface area contributed by atoms with Crippen molar-refractivity contribution in [3.8, 4) is 22.6 Å². The Morgan fingerprint density at radius 2 is 1.50 bits per heavy atom. The zero-order valence-corrected chi connectivity index (χ0v) is 16.0. The highest BCUT2D eigenvalue weighted by Gasteiger charge is 2.32. The van der Waals surface area contributed by atoms with E-state index in [9.17, 15) is 31.1 Å². The molecule has 1 amide bonds. The van der Waals surface area contributed by atoms with Gasteiger partial charge in [0.15, 0.2) is 0 Å². The summed E-state index contributed by atoms with van der Waals surface area (Å²) >= 11 is 0. The van der Waals surface area contributed by atoms with Crippen LogP contribution in [0.4, 0.5) is 26.3 Å². The largest absolute Gasteiger partial charge is 0.573 e. The van der Waals surface area contributed by atoms with Crippen molar-refractivity contribution in [2.75, 3.05) is 0 Å². The van der Waals surface area contributed by atoms with Gasteiger partial charge in [-0.1, -0.05) is 30.3 Å². The molecular weight excluding hydrogens is 442 g/mol. The van der Waals surface area contributed by atoms with Gasteiger partial charge in [0, 0.05) is 30.1 Å². The van der Waals surface area contributed by atoms with Crippen LogP contribution in [0, 0.1) is 0 Å². The number of aromatic nitrogens is 1. The molecule has 0 bridgehead atoms. The number of rotatable bonds is 6. The zero-order chi connectivity index (χ0) is 23.4. The van der Waals surface area contributed by atoms with Crippen molar-refractivity contribution in [2.45, 2.75) is 19.3 Å². The van der Waals surface area contributed by atoms with Gasteiger partial charge in [-0.05, 0) is 29.8 Å². The van der Waals surface area contributed by atoms with Crippen LogP contribution in [0.25, 0.3) is 11.1 Å². The summed E-state index contributed by atoms with van der Waals surface area (Å²) in [5, 5.41) is 2.48. The standard InChI is InChI=1S/C21H14F6N2O3/c22-20(23,24)31-17-7-5-13(6-8-17)15-9-16(11-28-10-15)19(30)29-12-14-3-1-2-4-18(14)32-21(25,26)27/h1-11H,12H2,(H,29,30). The molecule has 11 heteroatoms. The topological polar surface area (TPSA) is 60.5 Å². The highest BCUT2D eigenvalue weighted by atomic mass is 19.4. The molecule has 0 unspecified atom stereocenters. The number of carbonyl (C=O) groups is 1. The van der Waals surface area contributed by atoms with E-state index in [1.165, 1.54) is 48.8 Å². The van der Waals surface area contributed by atoms with Gasteiger partial charge in [0.25, 0.3) is 5.91 Å². The van der Waals surface area contributed by atoms with Crippen LogP contribution in [-0.2, 0) is 6.54 Å². The van der Waals surface area contributed by atoms with Gasteiger partial charge in [-0.25, -0.2) is 0 Å². The first-order valence-corrected chi connectivity index (χ1v) is 8.93. The molecule has 5 nitrogen and oxygen atoms in total. The highest BCUT2D eigenvalue weighted by molar-refractivity contribution is 5.95. The Hall–Kier alpha value is -3.76. The molecule has 0 saturated carbocycles. The molecule has 0 saturated heterocycles. The fraction of sp³-hybridized carbons (Fsp3) is 0.143. The van der Waals surface area contributed by atoms with Crippen LogP contribution in [-0.4, -0.2) is 23.6 Å². The number of alkyl halides is 6. The van der Waals surface area contributed by atoms with E-state index in [-0.39, 0.29) is 17.7 Å². The van der Waals surface area contributed by atoms with Gasteiger partial charge < -0.3 is 14.8 Å². The van der Waals surface area contributed by atoms with Crippen LogP contribution in [0.2, 0.25) is 0 Å². The van der Waals surface area contributed by atoms with E-state index >= 15 is 0 Å². The molecule has 1 N–H and O–H groups in total. The number of amides is 1. The molecule has 0 atom stereocenters. The van der Waals surface area contributed by atoms with Gasteiger partial charge in [-0.15, -0.1) is 26.3 Å². The number of pyridine rings is 1. The number of hydrogen-bond donors (Lipinski definition) is 1. The smallest absolute Gasteiger partial charge is 0.406 e. The second kappa shape index (κ2) is 9.16. The Labute approximate surface area is 177 Å². The van der Waals surface area contributed by atoms with Crippen LogP contribution in [0.5, 0.6) is 11.5 Å². The lowest BCUT2D eigenvalue weighted by molar-refractivity contribution is -0.275. The van der Waals surface area contributed by atoms with Crippen molar-refractivity contribution >= 4 is 5.91 Å². The quantitative estimate of drug-likeness (QED) is 0.500. The van der Waals surface area contributed by atoms with E-state index in [0.29, 0.717) is 11.1 Å². The summed E-state index contributed by atoms with van der Waals surface area (Å²) in [5.74, 6) is -1.45. The Morgan fingerprint density at radius 1 is 0.844 bits per heavy atom. The SMILES string of the molecule is O=C(NCc1ccccc1OC(F)(F)F)c1cncc(-c2ccc(OC(F)(F)F)cc2)c1. The van der Waals surface area contributed by atoms with Crippen molar-refractivity contribution in [3.05, 3.63) is 78.1 Å². The van der Waals surface area contributed by atoms with Crippen LogP contribution in [0.15, 0.2) is 67.0 Å². The van der Waals surface area contributed by atoms with Crippen LogP contribution in [0.1, 0.15) is 15.9 Å². The van der Waals surface area contributed by atoms with Crippen molar-refractivity contribution in [1.29, 1.82) is 0 Å². The fourth-order valence-corrected chi connectivity index (χ4v) is 2.72. The molecule has 32 heavy (non-hydrogen) atoms.